The molecule has 0 radical (unpaired) electrons. The molecule has 1 aromatic carbocycles. The van der Waals surface area contributed by atoms with E-state index in [0.717, 1.165) is 5.56 Å². The highest BCUT2D eigenvalue weighted by Crippen LogP contribution is 2.20. The first-order valence-electron chi connectivity index (χ1n) is 6.93. The van der Waals surface area contributed by atoms with Crippen LogP contribution < -0.4 is 0 Å². The van der Waals surface area contributed by atoms with Gasteiger partial charge in [-0.25, -0.2) is 9.59 Å². The van der Waals surface area contributed by atoms with Gasteiger partial charge in [-0.15, -0.1) is 0 Å². The lowest BCUT2D eigenvalue weighted by Crippen LogP contribution is -2.41. The van der Waals surface area contributed by atoms with Crippen molar-refractivity contribution < 1.29 is 24.2 Å². The van der Waals surface area contributed by atoms with Gasteiger partial charge in [-0.05, 0) is 12.5 Å². The van der Waals surface area contributed by atoms with Crippen molar-refractivity contribution in [2.24, 2.45) is 0 Å². The van der Waals surface area contributed by atoms with Crippen LogP contribution >= 0.6 is 0 Å². The fraction of sp³-hybridized carbons (Fsp3) is 0.467. The third kappa shape index (κ3) is 3.95. The number of carbonyl (C=O) groups excluding carboxylic acids is 2. The quantitative estimate of drug-likeness (QED) is 0.847. The van der Waals surface area contributed by atoms with Crippen LogP contribution in [0.2, 0.25) is 0 Å². The number of aliphatic hydroxyl groups is 1. The van der Waals surface area contributed by atoms with Crippen molar-refractivity contribution in [2.75, 3.05) is 13.2 Å². The van der Waals surface area contributed by atoms with E-state index in [4.69, 9.17) is 9.47 Å². The number of esters is 1. The molecule has 1 heterocycles. The van der Waals surface area contributed by atoms with Gasteiger partial charge in [-0.1, -0.05) is 30.3 Å². The second-order valence-corrected chi connectivity index (χ2v) is 4.85. The van der Waals surface area contributed by atoms with Gasteiger partial charge in [0.2, 0.25) is 0 Å². The Morgan fingerprint density at radius 1 is 1.29 bits per heavy atom. The largest absolute Gasteiger partial charge is 0.464 e. The number of aliphatic hydroxyl groups excluding tert-OH is 1. The molecule has 1 aliphatic heterocycles. The average Bonchev–Trinajstić information content (AvgIpc) is 2.88. The maximum Gasteiger partial charge on any atom is 0.410 e. The van der Waals surface area contributed by atoms with Crippen LogP contribution in [0, 0.1) is 0 Å². The lowest BCUT2D eigenvalue weighted by molar-refractivity contribution is -0.148. The minimum atomic E-state index is -0.775. The topological polar surface area (TPSA) is 76.1 Å². The number of hydrogen-bond donors (Lipinski definition) is 1. The number of β-amino-alcohol motifs (C(OH)–C–C–N with tert-alkyl or cyclic N) is 1. The molecule has 1 amide bonds. The fourth-order valence-corrected chi connectivity index (χ4v) is 2.28. The number of likely N-dealkylation sites (tertiary alicyclic amines) is 1. The Hall–Kier alpha value is -2.08. The highest BCUT2D eigenvalue weighted by atomic mass is 16.6. The standard InChI is InChI=1S/C15H19NO5/c1-2-20-14(18)13-8-12(17)9-16(13)15(19)21-10-11-6-4-3-5-7-11/h3-7,12-13,17H,2,8-10H2,1H3/t12-,13?/m1/s1. The summed E-state index contributed by atoms with van der Waals surface area (Å²) in [6, 6.07) is 8.49. The molecule has 1 saturated heterocycles. The van der Waals surface area contributed by atoms with E-state index in [1.165, 1.54) is 4.90 Å². The van der Waals surface area contributed by atoms with Gasteiger partial charge in [-0.3, -0.25) is 4.90 Å². The number of ether oxygens (including phenoxy) is 2. The number of hydrogen-bond acceptors (Lipinski definition) is 5. The van der Waals surface area contributed by atoms with Crippen LogP contribution in [0.4, 0.5) is 4.79 Å². The molecular formula is C15H19NO5. The molecule has 1 aromatic rings. The monoisotopic (exact) mass is 293 g/mol. The van der Waals surface area contributed by atoms with Crippen LogP contribution in [0.5, 0.6) is 0 Å². The zero-order valence-corrected chi connectivity index (χ0v) is 11.9. The summed E-state index contributed by atoms with van der Waals surface area (Å²) in [7, 11) is 0. The molecule has 2 atom stereocenters. The van der Waals surface area contributed by atoms with Gasteiger partial charge in [0.15, 0.2) is 0 Å². The smallest absolute Gasteiger partial charge is 0.410 e. The third-order valence-electron chi connectivity index (χ3n) is 3.28. The molecule has 21 heavy (non-hydrogen) atoms. The molecule has 1 N–H and O–H groups in total. The van der Waals surface area contributed by atoms with Crippen molar-refractivity contribution in [3.63, 3.8) is 0 Å². The molecule has 0 bridgehead atoms. The number of rotatable bonds is 4. The Labute approximate surface area is 123 Å². The van der Waals surface area contributed by atoms with Crippen LogP contribution in [0.3, 0.4) is 0 Å². The first-order valence-corrected chi connectivity index (χ1v) is 6.93. The SMILES string of the molecule is CCOC(=O)C1C[C@@H](O)CN1C(=O)OCc1ccccc1. The number of amides is 1. The summed E-state index contributed by atoms with van der Waals surface area (Å²) < 4.78 is 10.1. The van der Waals surface area contributed by atoms with Crippen molar-refractivity contribution in [3.05, 3.63) is 35.9 Å². The van der Waals surface area contributed by atoms with E-state index in [-0.39, 0.29) is 26.2 Å². The van der Waals surface area contributed by atoms with E-state index in [0.29, 0.717) is 0 Å². The molecule has 6 nitrogen and oxygen atoms in total. The van der Waals surface area contributed by atoms with Crippen LogP contribution in [0.1, 0.15) is 18.9 Å². The first kappa shape index (κ1) is 15.3. The minimum absolute atomic E-state index is 0.0805. The molecule has 0 aromatic heterocycles. The van der Waals surface area contributed by atoms with E-state index < -0.39 is 24.2 Å². The molecule has 1 unspecified atom stereocenters. The van der Waals surface area contributed by atoms with E-state index in [9.17, 15) is 14.7 Å². The molecule has 1 aliphatic rings. The van der Waals surface area contributed by atoms with E-state index in [2.05, 4.69) is 0 Å². The Balaban J connectivity index is 1.94. The van der Waals surface area contributed by atoms with Gasteiger partial charge < -0.3 is 14.6 Å². The van der Waals surface area contributed by atoms with E-state index >= 15 is 0 Å². The maximum atomic E-state index is 12.1. The summed E-state index contributed by atoms with van der Waals surface area (Å²) in [5, 5.41) is 9.66. The van der Waals surface area contributed by atoms with Crippen LogP contribution in [0.15, 0.2) is 30.3 Å². The van der Waals surface area contributed by atoms with E-state index in [1.807, 2.05) is 30.3 Å². The lowest BCUT2D eigenvalue weighted by Gasteiger charge is -2.22. The molecule has 114 valence electrons. The van der Waals surface area contributed by atoms with Crippen molar-refractivity contribution in [1.82, 2.24) is 4.90 Å². The Bertz CT molecular complexity index is 490. The third-order valence-corrected chi connectivity index (χ3v) is 3.28. The minimum Gasteiger partial charge on any atom is -0.464 e. The van der Waals surface area contributed by atoms with Gasteiger partial charge in [0.25, 0.3) is 0 Å². The summed E-state index contributed by atoms with van der Waals surface area (Å²) in [6.45, 7) is 2.14. The van der Waals surface area contributed by atoms with Gasteiger partial charge in [0, 0.05) is 6.42 Å². The lowest BCUT2D eigenvalue weighted by atomic mass is 10.2. The molecule has 0 saturated carbocycles. The Morgan fingerprint density at radius 2 is 2.00 bits per heavy atom. The first-order chi connectivity index (χ1) is 10.1. The maximum absolute atomic E-state index is 12.1. The summed E-state index contributed by atoms with van der Waals surface area (Å²) in [5.74, 6) is -0.509. The van der Waals surface area contributed by atoms with Gasteiger partial charge in [0.05, 0.1) is 19.3 Å². The fourth-order valence-electron chi connectivity index (χ4n) is 2.28. The van der Waals surface area contributed by atoms with Crippen LogP contribution in [0.25, 0.3) is 0 Å². The summed E-state index contributed by atoms with van der Waals surface area (Å²) >= 11 is 0. The van der Waals surface area contributed by atoms with E-state index in [1.54, 1.807) is 6.92 Å². The van der Waals surface area contributed by atoms with Crippen molar-refractivity contribution >= 4 is 12.1 Å². The highest BCUT2D eigenvalue weighted by Gasteiger charge is 2.40. The molecule has 2 rings (SSSR count). The second kappa shape index (κ2) is 7.08. The van der Waals surface area contributed by atoms with Crippen LogP contribution in [-0.2, 0) is 20.9 Å². The molecule has 6 heteroatoms. The van der Waals surface area contributed by atoms with Crippen molar-refractivity contribution in [2.45, 2.75) is 32.1 Å². The van der Waals surface area contributed by atoms with Crippen molar-refractivity contribution in [3.8, 4) is 0 Å². The van der Waals surface area contributed by atoms with Gasteiger partial charge >= 0.3 is 12.1 Å². The second-order valence-electron chi connectivity index (χ2n) is 4.85. The van der Waals surface area contributed by atoms with Crippen LogP contribution in [-0.4, -0.2) is 47.4 Å². The molecule has 1 fully saturated rings. The molecule has 0 spiro atoms. The molecular weight excluding hydrogens is 274 g/mol. The Morgan fingerprint density at radius 3 is 2.67 bits per heavy atom. The number of benzene rings is 1. The predicted molar refractivity (Wildman–Crippen MR) is 74.4 cm³/mol. The highest BCUT2D eigenvalue weighted by molar-refractivity contribution is 5.82. The average molecular weight is 293 g/mol. The number of carbonyl (C=O) groups is 2. The zero-order chi connectivity index (χ0) is 15.2. The van der Waals surface area contributed by atoms with Crippen molar-refractivity contribution in [1.29, 1.82) is 0 Å². The van der Waals surface area contributed by atoms with Gasteiger partial charge in [0.1, 0.15) is 12.6 Å². The predicted octanol–water partition coefficient (Wildman–Crippen LogP) is 1.32. The normalized spacial score (nSPS) is 21.1. The molecule has 0 aliphatic carbocycles. The summed E-state index contributed by atoms with van der Waals surface area (Å²) in [4.78, 5) is 25.1. The zero-order valence-electron chi connectivity index (χ0n) is 11.9. The number of nitrogens with zero attached hydrogens (tertiary/aromatic N) is 1. The summed E-state index contributed by atoms with van der Waals surface area (Å²) in [5.41, 5.74) is 0.860. The Kier molecular flexibility index (Phi) is 5.16. The van der Waals surface area contributed by atoms with Gasteiger partial charge in [-0.2, -0.15) is 0 Å². The summed E-state index contributed by atoms with van der Waals surface area (Å²) in [6.07, 6.45) is -1.17.